The molecule has 2 aromatic rings. The van der Waals surface area contributed by atoms with Gasteiger partial charge in [0.2, 0.25) is 5.91 Å². The fourth-order valence-corrected chi connectivity index (χ4v) is 5.00. The van der Waals surface area contributed by atoms with Crippen molar-refractivity contribution in [3.05, 3.63) is 33.1 Å². The van der Waals surface area contributed by atoms with Crippen LogP contribution in [0.15, 0.2) is 23.2 Å². The first-order chi connectivity index (χ1) is 14.5. The molecule has 2 amide bonds. The Morgan fingerprint density at radius 3 is 2.77 bits per heavy atom. The first-order valence-corrected chi connectivity index (χ1v) is 11.8. The third-order valence-corrected chi connectivity index (χ3v) is 6.61. The number of ether oxygens (including phenoxy) is 1. The van der Waals surface area contributed by atoms with Crippen molar-refractivity contribution in [1.82, 2.24) is 9.47 Å². The number of nitrogens with zero attached hydrogens (tertiary/aromatic N) is 4. The Kier molecular flexibility index (Phi) is 8.00. The molecule has 0 saturated carbocycles. The summed E-state index contributed by atoms with van der Waals surface area (Å²) >= 11 is 2.50. The van der Waals surface area contributed by atoms with E-state index in [2.05, 4.69) is 4.99 Å². The number of carbonyl (C=O) groups is 2. The van der Waals surface area contributed by atoms with Crippen LogP contribution in [0.2, 0.25) is 0 Å². The molecule has 0 bridgehead atoms. The second-order valence-electron chi connectivity index (χ2n) is 6.73. The molecule has 0 atom stereocenters. The zero-order valence-electron chi connectivity index (χ0n) is 16.7. The highest BCUT2D eigenvalue weighted by molar-refractivity contribution is 8.00. The van der Waals surface area contributed by atoms with Gasteiger partial charge in [-0.2, -0.15) is 4.99 Å². The number of nitro groups is 1. The molecule has 0 unspecified atom stereocenters. The van der Waals surface area contributed by atoms with Gasteiger partial charge >= 0.3 is 0 Å². The third kappa shape index (κ3) is 5.67. The molecule has 0 radical (unpaired) electrons. The van der Waals surface area contributed by atoms with Gasteiger partial charge < -0.3 is 14.2 Å². The predicted octanol–water partition coefficient (Wildman–Crippen LogP) is 2.43. The van der Waals surface area contributed by atoms with Gasteiger partial charge in [0, 0.05) is 38.4 Å². The molecular weight excluding hydrogens is 428 g/mol. The number of rotatable bonds is 9. The average Bonchev–Trinajstić information content (AvgIpc) is 3.36. The summed E-state index contributed by atoms with van der Waals surface area (Å²) in [7, 11) is 0. The molecule has 1 saturated heterocycles. The molecule has 3 rings (SSSR count). The van der Waals surface area contributed by atoms with Gasteiger partial charge in [-0.25, -0.2) is 0 Å². The Hall–Kier alpha value is -2.24. The Labute approximate surface area is 181 Å². The summed E-state index contributed by atoms with van der Waals surface area (Å²) in [5.74, 6) is 0.107. The Morgan fingerprint density at radius 2 is 2.07 bits per heavy atom. The van der Waals surface area contributed by atoms with Crippen LogP contribution < -0.4 is 4.80 Å². The molecule has 1 aromatic carbocycles. The molecule has 0 N–H and O–H groups in total. The van der Waals surface area contributed by atoms with E-state index >= 15 is 0 Å². The zero-order chi connectivity index (χ0) is 21.5. The fourth-order valence-electron chi connectivity index (χ4n) is 3.20. The van der Waals surface area contributed by atoms with Crippen molar-refractivity contribution in [2.75, 3.05) is 37.8 Å². The van der Waals surface area contributed by atoms with Crippen LogP contribution in [0.5, 0.6) is 0 Å². The van der Waals surface area contributed by atoms with E-state index in [0.717, 1.165) is 31.4 Å². The minimum Gasteiger partial charge on any atom is -0.380 e. The monoisotopic (exact) mass is 452 g/mol. The van der Waals surface area contributed by atoms with Gasteiger partial charge in [-0.1, -0.05) is 11.3 Å². The zero-order valence-corrected chi connectivity index (χ0v) is 18.4. The van der Waals surface area contributed by atoms with Gasteiger partial charge in [-0.3, -0.25) is 19.7 Å². The normalized spacial score (nSPS) is 14.6. The Bertz CT molecular complexity index is 994. The molecule has 0 aliphatic carbocycles. The minimum atomic E-state index is -0.445. The summed E-state index contributed by atoms with van der Waals surface area (Å²) in [5, 5.41) is 11.1. The molecule has 9 nitrogen and oxygen atoms in total. The lowest BCUT2D eigenvalue weighted by atomic mass is 10.3. The Morgan fingerprint density at radius 1 is 1.30 bits per heavy atom. The SMILES string of the molecule is CCOCCn1c(=NC(=O)CSCC(=O)N2CCCC2)sc2cc([N+](=O)[O-])ccc21. The highest BCUT2D eigenvalue weighted by atomic mass is 32.2. The lowest BCUT2D eigenvalue weighted by molar-refractivity contribution is -0.384. The van der Waals surface area contributed by atoms with E-state index in [-0.39, 0.29) is 29.0 Å². The number of likely N-dealkylation sites (tertiary alicyclic amines) is 1. The number of aromatic nitrogens is 1. The minimum absolute atomic E-state index is 0.00503. The van der Waals surface area contributed by atoms with Gasteiger partial charge in [-0.05, 0) is 25.8 Å². The van der Waals surface area contributed by atoms with Crippen LogP contribution in [0.4, 0.5) is 5.69 Å². The largest absolute Gasteiger partial charge is 0.380 e. The number of carbonyl (C=O) groups excluding carboxylic acids is 2. The predicted molar refractivity (Wildman–Crippen MR) is 117 cm³/mol. The number of thioether (sulfide) groups is 1. The second kappa shape index (κ2) is 10.7. The molecule has 162 valence electrons. The van der Waals surface area contributed by atoms with Crippen molar-refractivity contribution in [3.63, 3.8) is 0 Å². The number of amides is 2. The van der Waals surface area contributed by atoms with Gasteiger partial charge in [-0.15, -0.1) is 11.8 Å². The second-order valence-corrected chi connectivity index (χ2v) is 8.72. The number of nitro benzene ring substituents is 1. The van der Waals surface area contributed by atoms with Crippen LogP contribution in [-0.2, 0) is 20.9 Å². The van der Waals surface area contributed by atoms with E-state index < -0.39 is 4.92 Å². The van der Waals surface area contributed by atoms with Crippen LogP contribution >= 0.6 is 23.1 Å². The summed E-state index contributed by atoms with van der Waals surface area (Å²) in [6.07, 6.45) is 2.08. The summed E-state index contributed by atoms with van der Waals surface area (Å²) < 4.78 is 7.95. The smallest absolute Gasteiger partial charge is 0.270 e. The molecule has 11 heteroatoms. The van der Waals surface area contributed by atoms with Crippen molar-refractivity contribution in [2.45, 2.75) is 26.3 Å². The van der Waals surface area contributed by atoms with Crippen LogP contribution in [0.25, 0.3) is 10.2 Å². The molecular formula is C19H24N4O5S2. The number of hydrogen-bond donors (Lipinski definition) is 0. The first kappa shape index (κ1) is 22.4. The van der Waals surface area contributed by atoms with Gasteiger partial charge in [0.25, 0.3) is 11.6 Å². The lowest BCUT2D eigenvalue weighted by Crippen LogP contribution is -2.29. The molecule has 30 heavy (non-hydrogen) atoms. The number of non-ortho nitro benzene ring substituents is 1. The van der Waals surface area contributed by atoms with E-state index in [0.29, 0.717) is 29.3 Å². The highest BCUT2D eigenvalue weighted by Gasteiger charge is 2.18. The first-order valence-electron chi connectivity index (χ1n) is 9.78. The quantitative estimate of drug-likeness (QED) is 0.329. The summed E-state index contributed by atoms with van der Waals surface area (Å²) in [4.78, 5) is 41.6. The van der Waals surface area contributed by atoms with E-state index in [9.17, 15) is 19.7 Å². The molecule has 1 aromatic heterocycles. The molecule has 1 aliphatic heterocycles. The van der Waals surface area contributed by atoms with E-state index in [1.165, 1.54) is 35.2 Å². The van der Waals surface area contributed by atoms with Gasteiger partial charge in [0.15, 0.2) is 4.80 Å². The molecule has 1 fully saturated rings. The maximum absolute atomic E-state index is 12.4. The maximum Gasteiger partial charge on any atom is 0.270 e. The standard InChI is InChI=1S/C19H24N4O5S2/c1-2-28-10-9-22-15-6-5-14(23(26)27)11-16(15)30-19(22)20-17(24)12-29-13-18(25)21-7-3-4-8-21/h5-6,11H,2-4,7-10,12-13H2,1H3. The van der Waals surface area contributed by atoms with Gasteiger partial charge in [0.1, 0.15) is 0 Å². The lowest BCUT2D eigenvalue weighted by Gasteiger charge is -2.14. The summed E-state index contributed by atoms with van der Waals surface area (Å²) in [5.41, 5.74) is 0.767. The average molecular weight is 453 g/mol. The van der Waals surface area contributed by atoms with Crippen LogP contribution in [-0.4, -0.2) is 64.0 Å². The van der Waals surface area contributed by atoms with Crippen LogP contribution in [0.3, 0.4) is 0 Å². The van der Waals surface area contributed by atoms with Crippen molar-refractivity contribution in [3.8, 4) is 0 Å². The van der Waals surface area contributed by atoms with Crippen molar-refractivity contribution in [2.24, 2.45) is 4.99 Å². The molecule has 2 heterocycles. The highest BCUT2D eigenvalue weighted by Crippen LogP contribution is 2.23. The Balaban J connectivity index is 1.74. The summed E-state index contributed by atoms with van der Waals surface area (Å²) in [6.45, 7) is 4.99. The van der Waals surface area contributed by atoms with Crippen LogP contribution in [0.1, 0.15) is 19.8 Å². The fraction of sp³-hybridized carbons (Fsp3) is 0.526. The number of thiazole rings is 1. The number of hydrogen-bond acceptors (Lipinski definition) is 7. The molecule has 0 spiro atoms. The topological polar surface area (TPSA) is 107 Å². The van der Waals surface area contributed by atoms with Crippen molar-refractivity contribution >= 4 is 50.8 Å². The van der Waals surface area contributed by atoms with Gasteiger partial charge in [0.05, 0.1) is 33.3 Å². The van der Waals surface area contributed by atoms with Crippen molar-refractivity contribution in [1.29, 1.82) is 0 Å². The van der Waals surface area contributed by atoms with Crippen LogP contribution in [0, 0.1) is 10.1 Å². The number of benzene rings is 1. The third-order valence-electron chi connectivity index (χ3n) is 4.67. The van der Waals surface area contributed by atoms with E-state index in [1.54, 1.807) is 6.07 Å². The van der Waals surface area contributed by atoms with E-state index in [1.807, 2.05) is 16.4 Å². The van der Waals surface area contributed by atoms with Crippen molar-refractivity contribution < 1.29 is 19.2 Å². The van der Waals surface area contributed by atoms with E-state index in [4.69, 9.17) is 4.74 Å². The molecule has 1 aliphatic rings. The maximum atomic E-state index is 12.4. The number of fused-ring (bicyclic) bond motifs is 1. The summed E-state index contributed by atoms with van der Waals surface area (Å²) in [6, 6.07) is 4.60.